The standard InChI is InChI=1S/C27H33N3O7S3/c1-18-7-10-22(11-8-18)39(33,34)28-21-9-12-24-23(14-21)27(32)30(20(3)17-31)15-19(2)25(37-24)16-29(4)40(35,36)26-6-5-13-38-26/h5-14,19-20,25,28,31H,15-17H2,1-4H3/t19-,20-,25+/m1/s1. The Kier molecular flexibility index (Phi) is 8.90. The van der Waals surface area contributed by atoms with Crippen molar-refractivity contribution in [3.8, 4) is 5.75 Å². The van der Waals surface area contributed by atoms with Crippen molar-refractivity contribution in [1.82, 2.24) is 9.21 Å². The first-order valence-corrected chi connectivity index (χ1v) is 16.5. The van der Waals surface area contributed by atoms with E-state index < -0.39 is 38.1 Å². The van der Waals surface area contributed by atoms with E-state index in [1.807, 2.05) is 13.8 Å². The van der Waals surface area contributed by atoms with Crippen LogP contribution < -0.4 is 9.46 Å². The number of aliphatic hydroxyl groups is 1. The van der Waals surface area contributed by atoms with Crippen molar-refractivity contribution in [2.75, 3.05) is 31.5 Å². The average molecular weight is 608 g/mol. The number of hydrogen-bond acceptors (Lipinski definition) is 8. The lowest BCUT2D eigenvalue weighted by Gasteiger charge is -2.38. The van der Waals surface area contributed by atoms with Gasteiger partial charge >= 0.3 is 0 Å². The fraction of sp³-hybridized carbons (Fsp3) is 0.370. The van der Waals surface area contributed by atoms with E-state index >= 15 is 0 Å². The third kappa shape index (κ3) is 6.33. The predicted octanol–water partition coefficient (Wildman–Crippen LogP) is 3.40. The molecule has 0 saturated carbocycles. The highest BCUT2D eigenvalue weighted by Gasteiger charge is 2.35. The second-order valence-corrected chi connectivity index (χ2v) is 14.9. The number of hydrogen-bond donors (Lipinski definition) is 2. The molecule has 2 heterocycles. The third-order valence-corrected chi connectivity index (χ3v) is 11.4. The Bertz CT molecular complexity index is 1560. The van der Waals surface area contributed by atoms with Crippen molar-refractivity contribution in [3.05, 3.63) is 71.1 Å². The maximum atomic E-state index is 13.7. The van der Waals surface area contributed by atoms with Gasteiger partial charge in [-0.25, -0.2) is 16.8 Å². The quantitative estimate of drug-likeness (QED) is 0.381. The molecule has 216 valence electrons. The van der Waals surface area contributed by atoms with Gasteiger partial charge in [0.2, 0.25) is 0 Å². The van der Waals surface area contributed by atoms with Crippen LogP contribution in [0.5, 0.6) is 5.75 Å². The van der Waals surface area contributed by atoms with Crippen molar-refractivity contribution in [3.63, 3.8) is 0 Å². The molecule has 3 atom stereocenters. The summed E-state index contributed by atoms with van der Waals surface area (Å²) in [5.74, 6) is -0.540. The van der Waals surface area contributed by atoms with Crippen molar-refractivity contribution in [1.29, 1.82) is 0 Å². The van der Waals surface area contributed by atoms with E-state index in [-0.39, 0.29) is 51.7 Å². The van der Waals surface area contributed by atoms with Crippen LogP contribution in [0.2, 0.25) is 0 Å². The number of ether oxygens (including phenoxy) is 1. The van der Waals surface area contributed by atoms with Gasteiger partial charge in [-0.2, -0.15) is 4.31 Å². The minimum absolute atomic E-state index is 0.0121. The van der Waals surface area contributed by atoms with E-state index in [0.29, 0.717) is 0 Å². The molecule has 1 amide bonds. The smallest absolute Gasteiger partial charge is 0.261 e. The Morgan fingerprint density at radius 2 is 1.85 bits per heavy atom. The molecule has 0 spiro atoms. The van der Waals surface area contributed by atoms with Crippen molar-refractivity contribution in [2.24, 2.45) is 5.92 Å². The number of likely N-dealkylation sites (N-methyl/N-ethyl adjacent to an activating group) is 1. The SMILES string of the molecule is Cc1ccc(S(=O)(=O)Nc2ccc3c(c2)C(=O)N([C@H](C)CO)C[C@@H](C)[C@H](CN(C)S(=O)(=O)c2cccs2)O3)cc1. The van der Waals surface area contributed by atoms with Crippen LogP contribution in [0.3, 0.4) is 0 Å². The van der Waals surface area contributed by atoms with E-state index in [9.17, 15) is 26.7 Å². The first-order chi connectivity index (χ1) is 18.8. The molecule has 1 aliphatic rings. The van der Waals surface area contributed by atoms with Gasteiger partial charge in [0.25, 0.3) is 26.0 Å². The number of carbonyl (C=O) groups is 1. The Labute approximate surface area is 239 Å². The topological polar surface area (TPSA) is 133 Å². The lowest BCUT2D eigenvalue weighted by Crippen LogP contribution is -2.50. The fourth-order valence-corrected chi connectivity index (χ4v) is 7.78. The van der Waals surface area contributed by atoms with Gasteiger partial charge in [0.1, 0.15) is 16.1 Å². The summed E-state index contributed by atoms with van der Waals surface area (Å²) in [6.45, 7) is 5.34. The second kappa shape index (κ2) is 11.9. The summed E-state index contributed by atoms with van der Waals surface area (Å²) in [6, 6.07) is 13.4. The van der Waals surface area contributed by atoms with E-state index in [0.717, 1.165) is 16.9 Å². The first kappa shape index (κ1) is 30.0. The molecule has 0 saturated heterocycles. The monoisotopic (exact) mass is 607 g/mol. The van der Waals surface area contributed by atoms with Crippen LogP contribution in [-0.4, -0.2) is 75.9 Å². The molecule has 2 N–H and O–H groups in total. The second-order valence-electron chi connectivity index (χ2n) is 9.97. The molecule has 2 aromatic carbocycles. The number of benzene rings is 2. The number of nitrogens with one attached hydrogen (secondary N) is 1. The van der Waals surface area contributed by atoms with E-state index in [2.05, 4.69) is 4.72 Å². The Hall–Kier alpha value is -2.97. The molecule has 0 bridgehead atoms. The van der Waals surface area contributed by atoms with Crippen LogP contribution >= 0.6 is 11.3 Å². The van der Waals surface area contributed by atoms with Gasteiger partial charge in [0.05, 0.1) is 29.7 Å². The number of carbonyl (C=O) groups excluding carboxylic acids is 1. The van der Waals surface area contributed by atoms with E-state index in [1.165, 1.54) is 52.7 Å². The zero-order valence-corrected chi connectivity index (χ0v) is 25.1. The van der Waals surface area contributed by atoms with Crippen LogP contribution in [0, 0.1) is 12.8 Å². The fourth-order valence-electron chi connectivity index (χ4n) is 4.35. The Balaban J connectivity index is 1.68. The maximum absolute atomic E-state index is 13.7. The number of anilines is 1. The molecule has 3 aromatic rings. The number of nitrogens with zero attached hydrogens (tertiary/aromatic N) is 2. The molecule has 0 aliphatic carbocycles. The number of aliphatic hydroxyl groups excluding tert-OH is 1. The van der Waals surface area contributed by atoms with Crippen LogP contribution in [0.25, 0.3) is 0 Å². The van der Waals surface area contributed by atoms with Crippen molar-refractivity contribution in [2.45, 2.75) is 42.0 Å². The summed E-state index contributed by atoms with van der Waals surface area (Å²) in [4.78, 5) is 15.2. The van der Waals surface area contributed by atoms with Crippen LogP contribution in [0.4, 0.5) is 5.69 Å². The molecule has 0 fully saturated rings. The molecule has 10 nitrogen and oxygen atoms in total. The zero-order valence-electron chi connectivity index (χ0n) is 22.6. The first-order valence-electron chi connectivity index (χ1n) is 12.7. The summed E-state index contributed by atoms with van der Waals surface area (Å²) in [6.07, 6.45) is -0.643. The summed E-state index contributed by atoms with van der Waals surface area (Å²) in [5, 5.41) is 11.6. The summed E-state index contributed by atoms with van der Waals surface area (Å²) < 4.78 is 62.3. The highest BCUT2D eigenvalue weighted by molar-refractivity contribution is 7.92. The van der Waals surface area contributed by atoms with Crippen LogP contribution in [0.1, 0.15) is 29.8 Å². The molecular weight excluding hydrogens is 575 g/mol. The number of fused-ring (bicyclic) bond motifs is 1. The number of rotatable bonds is 9. The molecule has 0 radical (unpaired) electrons. The maximum Gasteiger partial charge on any atom is 0.261 e. The van der Waals surface area contributed by atoms with Gasteiger partial charge in [-0.1, -0.05) is 30.7 Å². The molecule has 13 heteroatoms. The molecule has 40 heavy (non-hydrogen) atoms. The largest absolute Gasteiger partial charge is 0.488 e. The molecule has 0 unspecified atom stereocenters. The molecule has 1 aliphatic heterocycles. The van der Waals surface area contributed by atoms with E-state index in [1.54, 1.807) is 30.5 Å². The van der Waals surface area contributed by atoms with E-state index in [4.69, 9.17) is 4.74 Å². The Morgan fingerprint density at radius 1 is 1.15 bits per heavy atom. The van der Waals surface area contributed by atoms with Gasteiger partial charge in [-0.15, -0.1) is 11.3 Å². The van der Waals surface area contributed by atoms with Crippen molar-refractivity contribution < 1.29 is 31.5 Å². The summed E-state index contributed by atoms with van der Waals surface area (Å²) in [7, 11) is -6.19. The number of sulfonamides is 2. The third-order valence-electron chi connectivity index (χ3n) is 6.84. The zero-order chi connectivity index (χ0) is 29.2. The van der Waals surface area contributed by atoms with Gasteiger partial charge in [0.15, 0.2) is 0 Å². The lowest BCUT2D eigenvalue weighted by molar-refractivity contribution is 0.0387. The van der Waals surface area contributed by atoms with Gasteiger partial charge in [0, 0.05) is 25.2 Å². The predicted molar refractivity (Wildman–Crippen MR) is 154 cm³/mol. The number of thiophene rings is 1. The lowest BCUT2D eigenvalue weighted by atomic mass is 9.99. The molecule has 4 rings (SSSR count). The van der Waals surface area contributed by atoms with Crippen molar-refractivity contribution >= 4 is 43.0 Å². The molecule has 1 aromatic heterocycles. The van der Waals surface area contributed by atoms with Crippen LogP contribution in [-0.2, 0) is 20.0 Å². The normalized spacial score (nSPS) is 18.9. The Morgan fingerprint density at radius 3 is 2.48 bits per heavy atom. The number of aryl methyl sites for hydroxylation is 1. The minimum atomic E-state index is -3.93. The molecular formula is C27H33N3O7S3. The highest BCUT2D eigenvalue weighted by atomic mass is 32.2. The number of amides is 1. The van der Waals surface area contributed by atoms with Crippen LogP contribution in [0.15, 0.2) is 69.1 Å². The highest BCUT2D eigenvalue weighted by Crippen LogP contribution is 2.32. The van der Waals surface area contributed by atoms with Gasteiger partial charge in [-0.3, -0.25) is 9.52 Å². The summed E-state index contributed by atoms with van der Waals surface area (Å²) >= 11 is 1.12. The van der Waals surface area contributed by atoms with Gasteiger partial charge < -0.3 is 14.7 Å². The minimum Gasteiger partial charge on any atom is -0.488 e. The van der Waals surface area contributed by atoms with Gasteiger partial charge in [-0.05, 0) is 55.6 Å². The summed E-state index contributed by atoms with van der Waals surface area (Å²) in [5.41, 5.74) is 1.18. The average Bonchev–Trinajstić information content (AvgIpc) is 3.47.